The van der Waals surface area contributed by atoms with Crippen molar-refractivity contribution in [3.05, 3.63) is 35.4 Å². The highest BCUT2D eigenvalue weighted by Gasteiger charge is 2.10. The molecule has 120 valence electrons. The third-order valence-electron chi connectivity index (χ3n) is 3.68. The van der Waals surface area contributed by atoms with Crippen LogP contribution in [-0.2, 0) is 11.3 Å². The predicted octanol–water partition coefficient (Wildman–Crippen LogP) is -0.0423. The zero-order chi connectivity index (χ0) is 15.8. The molecule has 1 heterocycles. The molecule has 1 aliphatic heterocycles. The molecule has 2 rings (SSSR count). The van der Waals surface area contributed by atoms with Gasteiger partial charge in [-0.05, 0) is 17.7 Å². The van der Waals surface area contributed by atoms with E-state index < -0.39 is 0 Å². The molecule has 0 unspecified atom stereocenters. The molecule has 0 atom stereocenters. The van der Waals surface area contributed by atoms with Gasteiger partial charge >= 0.3 is 0 Å². The number of nitrogens with one attached hydrogen (secondary N) is 3. The van der Waals surface area contributed by atoms with Crippen LogP contribution < -0.4 is 16.0 Å². The standard InChI is InChI=1S/C16H24N4O2/c1-13(21)19-12-14-2-4-15(5-3-14)16(22)18-8-11-20-9-6-17-7-10-20/h2-5,17H,6-12H2,1H3,(H,18,22)(H,19,21). The maximum Gasteiger partial charge on any atom is 0.251 e. The number of piperazine rings is 1. The van der Waals surface area contributed by atoms with Crippen LogP contribution in [0.15, 0.2) is 24.3 Å². The largest absolute Gasteiger partial charge is 0.352 e. The zero-order valence-corrected chi connectivity index (χ0v) is 13.0. The van der Waals surface area contributed by atoms with E-state index in [1.165, 1.54) is 6.92 Å². The van der Waals surface area contributed by atoms with Crippen molar-refractivity contribution in [2.24, 2.45) is 0 Å². The van der Waals surface area contributed by atoms with Gasteiger partial charge in [-0.25, -0.2) is 0 Å². The summed E-state index contributed by atoms with van der Waals surface area (Å²) in [7, 11) is 0. The number of hydrogen-bond acceptors (Lipinski definition) is 4. The lowest BCUT2D eigenvalue weighted by Gasteiger charge is -2.27. The molecule has 2 amide bonds. The van der Waals surface area contributed by atoms with Crippen LogP contribution in [0, 0.1) is 0 Å². The summed E-state index contributed by atoms with van der Waals surface area (Å²) >= 11 is 0. The van der Waals surface area contributed by atoms with E-state index in [2.05, 4.69) is 20.9 Å². The normalized spacial score (nSPS) is 15.3. The molecule has 1 aromatic carbocycles. The number of hydrogen-bond donors (Lipinski definition) is 3. The van der Waals surface area contributed by atoms with Crippen LogP contribution in [0.2, 0.25) is 0 Å². The highest BCUT2D eigenvalue weighted by Crippen LogP contribution is 2.04. The van der Waals surface area contributed by atoms with Gasteiger partial charge in [0.05, 0.1) is 0 Å². The summed E-state index contributed by atoms with van der Waals surface area (Å²) in [5, 5.41) is 8.98. The van der Waals surface area contributed by atoms with Crippen LogP contribution in [0.3, 0.4) is 0 Å². The van der Waals surface area contributed by atoms with Crippen molar-refractivity contribution >= 4 is 11.8 Å². The summed E-state index contributed by atoms with van der Waals surface area (Å²) in [6.07, 6.45) is 0. The van der Waals surface area contributed by atoms with Crippen molar-refractivity contribution in [1.82, 2.24) is 20.9 Å². The number of benzene rings is 1. The molecule has 6 heteroatoms. The summed E-state index contributed by atoms with van der Waals surface area (Å²) < 4.78 is 0. The van der Waals surface area contributed by atoms with E-state index in [1.54, 1.807) is 12.1 Å². The second kappa shape index (κ2) is 8.51. The molecular weight excluding hydrogens is 280 g/mol. The van der Waals surface area contributed by atoms with Gasteiger partial charge in [-0.3, -0.25) is 14.5 Å². The molecule has 6 nitrogen and oxygen atoms in total. The van der Waals surface area contributed by atoms with Crippen LogP contribution in [-0.4, -0.2) is 56.0 Å². The van der Waals surface area contributed by atoms with E-state index in [0.717, 1.165) is 38.3 Å². The molecule has 1 saturated heterocycles. The molecule has 1 aromatic rings. The van der Waals surface area contributed by atoms with Crippen molar-refractivity contribution in [2.75, 3.05) is 39.3 Å². The number of amides is 2. The summed E-state index contributed by atoms with van der Waals surface area (Å²) in [4.78, 5) is 25.3. The number of nitrogens with zero attached hydrogens (tertiary/aromatic N) is 1. The Morgan fingerprint density at radius 2 is 1.82 bits per heavy atom. The smallest absolute Gasteiger partial charge is 0.251 e. The van der Waals surface area contributed by atoms with Crippen molar-refractivity contribution in [1.29, 1.82) is 0 Å². The van der Waals surface area contributed by atoms with Gasteiger partial charge in [0.1, 0.15) is 0 Å². The molecule has 0 bridgehead atoms. The number of carbonyl (C=O) groups excluding carboxylic acids is 2. The lowest BCUT2D eigenvalue weighted by atomic mass is 10.1. The van der Waals surface area contributed by atoms with E-state index >= 15 is 0 Å². The Balaban J connectivity index is 1.73. The minimum atomic E-state index is -0.0604. The highest BCUT2D eigenvalue weighted by molar-refractivity contribution is 5.94. The lowest BCUT2D eigenvalue weighted by Crippen LogP contribution is -2.46. The van der Waals surface area contributed by atoms with E-state index in [0.29, 0.717) is 18.7 Å². The van der Waals surface area contributed by atoms with E-state index in [-0.39, 0.29) is 11.8 Å². The first-order valence-corrected chi connectivity index (χ1v) is 7.70. The van der Waals surface area contributed by atoms with Crippen molar-refractivity contribution in [3.8, 4) is 0 Å². The molecule has 0 spiro atoms. The van der Waals surface area contributed by atoms with Gasteiger partial charge in [0.2, 0.25) is 5.91 Å². The predicted molar refractivity (Wildman–Crippen MR) is 85.6 cm³/mol. The summed E-state index contributed by atoms with van der Waals surface area (Å²) in [5.74, 6) is -0.115. The minimum Gasteiger partial charge on any atom is -0.352 e. The van der Waals surface area contributed by atoms with E-state index in [1.807, 2.05) is 12.1 Å². The molecular formula is C16H24N4O2. The van der Waals surface area contributed by atoms with Crippen LogP contribution in [0.5, 0.6) is 0 Å². The lowest BCUT2D eigenvalue weighted by molar-refractivity contribution is -0.119. The average Bonchev–Trinajstić information content (AvgIpc) is 2.54. The van der Waals surface area contributed by atoms with Gasteiger partial charge in [0.25, 0.3) is 5.91 Å². The first-order chi connectivity index (χ1) is 10.6. The van der Waals surface area contributed by atoms with Crippen molar-refractivity contribution in [3.63, 3.8) is 0 Å². The molecule has 3 N–H and O–H groups in total. The summed E-state index contributed by atoms with van der Waals surface area (Å²) in [6.45, 7) is 7.62. The van der Waals surface area contributed by atoms with Gasteiger partial charge in [-0.2, -0.15) is 0 Å². The SMILES string of the molecule is CC(=O)NCc1ccc(C(=O)NCCN2CCNCC2)cc1. The van der Waals surface area contributed by atoms with Gasteiger partial charge in [-0.15, -0.1) is 0 Å². The summed E-state index contributed by atoms with van der Waals surface area (Å²) in [6, 6.07) is 7.30. The van der Waals surface area contributed by atoms with Crippen molar-refractivity contribution in [2.45, 2.75) is 13.5 Å². The molecule has 0 saturated carbocycles. The zero-order valence-electron chi connectivity index (χ0n) is 13.0. The number of rotatable bonds is 6. The Morgan fingerprint density at radius 1 is 1.14 bits per heavy atom. The Kier molecular flexibility index (Phi) is 6.36. The fourth-order valence-corrected chi connectivity index (χ4v) is 2.36. The third kappa shape index (κ3) is 5.46. The second-order valence-corrected chi connectivity index (χ2v) is 5.45. The maximum absolute atomic E-state index is 12.1. The molecule has 0 aromatic heterocycles. The van der Waals surface area contributed by atoms with E-state index in [9.17, 15) is 9.59 Å². The first-order valence-electron chi connectivity index (χ1n) is 7.70. The van der Waals surface area contributed by atoms with Gasteiger partial charge in [0.15, 0.2) is 0 Å². The van der Waals surface area contributed by atoms with Gasteiger partial charge in [0, 0.05) is 58.3 Å². The highest BCUT2D eigenvalue weighted by atomic mass is 16.2. The van der Waals surface area contributed by atoms with Gasteiger partial charge in [-0.1, -0.05) is 12.1 Å². The quantitative estimate of drug-likeness (QED) is 0.689. The fourth-order valence-electron chi connectivity index (χ4n) is 2.36. The van der Waals surface area contributed by atoms with Gasteiger partial charge < -0.3 is 16.0 Å². The Morgan fingerprint density at radius 3 is 2.45 bits per heavy atom. The molecule has 1 fully saturated rings. The second-order valence-electron chi connectivity index (χ2n) is 5.45. The minimum absolute atomic E-state index is 0.0544. The Hall–Kier alpha value is -1.92. The maximum atomic E-state index is 12.1. The molecule has 1 aliphatic rings. The Labute approximate surface area is 131 Å². The fraction of sp³-hybridized carbons (Fsp3) is 0.500. The molecule has 0 aliphatic carbocycles. The van der Waals surface area contributed by atoms with E-state index in [4.69, 9.17) is 0 Å². The van der Waals surface area contributed by atoms with Crippen LogP contribution in [0.1, 0.15) is 22.8 Å². The molecule has 22 heavy (non-hydrogen) atoms. The molecule has 0 radical (unpaired) electrons. The average molecular weight is 304 g/mol. The van der Waals surface area contributed by atoms with Crippen molar-refractivity contribution < 1.29 is 9.59 Å². The van der Waals surface area contributed by atoms with Crippen LogP contribution >= 0.6 is 0 Å². The number of carbonyl (C=O) groups is 2. The Bertz CT molecular complexity index is 495. The van der Waals surface area contributed by atoms with Crippen LogP contribution in [0.25, 0.3) is 0 Å². The monoisotopic (exact) mass is 304 g/mol. The third-order valence-corrected chi connectivity index (χ3v) is 3.68. The van der Waals surface area contributed by atoms with Crippen LogP contribution in [0.4, 0.5) is 0 Å². The topological polar surface area (TPSA) is 73.5 Å². The summed E-state index contributed by atoms with van der Waals surface area (Å²) in [5.41, 5.74) is 1.62. The first kappa shape index (κ1) is 16.5.